The Labute approximate surface area is 97.0 Å². The minimum absolute atomic E-state index is 0.242. The summed E-state index contributed by atoms with van der Waals surface area (Å²) in [5.41, 5.74) is -1.10. The van der Waals surface area contributed by atoms with E-state index >= 15 is 0 Å². The van der Waals surface area contributed by atoms with E-state index in [9.17, 15) is 18.0 Å². The first-order chi connectivity index (χ1) is 7.95. The van der Waals surface area contributed by atoms with Gasteiger partial charge in [-0.2, -0.15) is 13.2 Å². The molecule has 0 unspecified atom stereocenters. The second-order valence-corrected chi connectivity index (χ2v) is 3.42. The van der Waals surface area contributed by atoms with Gasteiger partial charge in [-0.25, -0.2) is 4.79 Å². The van der Waals surface area contributed by atoms with Crippen molar-refractivity contribution in [1.82, 2.24) is 5.32 Å². The first kappa shape index (κ1) is 13.3. The molecule has 0 atom stereocenters. The molecule has 3 nitrogen and oxygen atoms in total. The van der Waals surface area contributed by atoms with E-state index in [4.69, 9.17) is 0 Å². The third kappa shape index (κ3) is 3.97. The first-order valence-electron chi connectivity index (χ1n) is 5.16. The SMILES string of the molecule is CCCNC(=O)Nc1ccccc1C(F)(F)F. The minimum atomic E-state index is -4.48. The zero-order valence-electron chi connectivity index (χ0n) is 9.27. The molecule has 1 aromatic carbocycles. The topological polar surface area (TPSA) is 41.1 Å². The molecule has 0 aliphatic carbocycles. The number of amides is 2. The van der Waals surface area contributed by atoms with Crippen LogP contribution in [0.2, 0.25) is 0 Å². The molecule has 0 aliphatic heterocycles. The standard InChI is InChI=1S/C11H13F3N2O/c1-2-7-15-10(17)16-9-6-4-3-5-8(9)11(12,13)14/h3-6H,2,7H2,1H3,(H2,15,16,17). The van der Waals surface area contributed by atoms with E-state index < -0.39 is 17.8 Å². The summed E-state index contributed by atoms with van der Waals surface area (Å²) in [4.78, 5) is 11.3. The highest BCUT2D eigenvalue weighted by Crippen LogP contribution is 2.34. The van der Waals surface area contributed by atoms with Crippen LogP contribution < -0.4 is 10.6 Å². The lowest BCUT2D eigenvalue weighted by atomic mass is 10.1. The molecule has 0 aliphatic rings. The van der Waals surface area contributed by atoms with Crippen LogP contribution in [-0.2, 0) is 6.18 Å². The van der Waals surface area contributed by atoms with Crippen molar-refractivity contribution >= 4 is 11.7 Å². The highest BCUT2D eigenvalue weighted by atomic mass is 19.4. The number of benzene rings is 1. The Morgan fingerprint density at radius 2 is 1.94 bits per heavy atom. The summed E-state index contributed by atoms with van der Waals surface area (Å²) in [6.07, 6.45) is -3.76. The van der Waals surface area contributed by atoms with E-state index in [1.165, 1.54) is 18.2 Å². The van der Waals surface area contributed by atoms with Crippen molar-refractivity contribution < 1.29 is 18.0 Å². The molecule has 2 N–H and O–H groups in total. The number of rotatable bonds is 3. The Balaban J connectivity index is 2.81. The van der Waals surface area contributed by atoms with E-state index in [1.807, 2.05) is 6.92 Å². The highest BCUT2D eigenvalue weighted by Gasteiger charge is 2.33. The molecule has 1 rings (SSSR count). The first-order valence-corrected chi connectivity index (χ1v) is 5.16. The van der Waals surface area contributed by atoms with Gasteiger partial charge in [0.25, 0.3) is 0 Å². The second kappa shape index (κ2) is 5.56. The molecule has 94 valence electrons. The summed E-state index contributed by atoms with van der Waals surface area (Å²) in [5, 5.41) is 4.62. The lowest BCUT2D eigenvalue weighted by molar-refractivity contribution is -0.136. The molecule has 0 saturated carbocycles. The second-order valence-electron chi connectivity index (χ2n) is 3.42. The summed E-state index contributed by atoms with van der Waals surface area (Å²) >= 11 is 0. The molecule has 0 bridgehead atoms. The van der Waals surface area contributed by atoms with Gasteiger partial charge in [0.2, 0.25) is 0 Å². The average Bonchev–Trinajstić information content (AvgIpc) is 2.25. The number of urea groups is 1. The van der Waals surface area contributed by atoms with Gasteiger partial charge < -0.3 is 10.6 Å². The van der Waals surface area contributed by atoms with Gasteiger partial charge in [0.05, 0.1) is 11.3 Å². The number of alkyl halides is 3. The molecule has 1 aromatic rings. The van der Waals surface area contributed by atoms with Crippen LogP contribution in [0.25, 0.3) is 0 Å². The highest BCUT2D eigenvalue weighted by molar-refractivity contribution is 5.90. The third-order valence-electron chi connectivity index (χ3n) is 2.02. The lowest BCUT2D eigenvalue weighted by Gasteiger charge is -2.13. The molecule has 0 saturated heterocycles. The van der Waals surface area contributed by atoms with Crippen LogP contribution in [0.1, 0.15) is 18.9 Å². The Bertz CT molecular complexity index is 391. The number of anilines is 1. The van der Waals surface area contributed by atoms with Gasteiger partial charge in [-0.1, -0.05) is 19.1 Å². The number of halogens is 3. The van der Waals surface area contributed by atoms with Crippen molar-refractivity contribution in [2.24, 2.45) is 0 Å². The Morgan fingerprint density at radius 1 is 1.29 bits per heavy atom. The van der Waals surface area contributed by atoms with Gasteiger partial charge in [0.15, 0.2) is 0 Å². The number of para-hydroxylation sites is 1. The number of hydrogen-bond donors (Lipinski definition) is 2. The maximum atomic E-state index is 12.6. The Kier molecular flexibility index (Phi) is 4.37. The largest absolute Gasteiger partial charge is 0.418 e. The van der Waals surface area contributed by atoms with Crippen molar-refractivity contribution in [3.05, 3.63) is 29.8 Å². The molecule has 17 heavy (non-hydrogen) atoms. The van der Waals surface area contributed by atoms with Crippen molar-refractivity contribution in [1.29, 1.82) is 0 Å². The molecule has 0 fully saturated rings. The van der Waals surface area contributed by atoms with Gasteiger partial charge in [-0.05, 0) is 18.6 Å². The molecule has 2 amide bonds. The van der Waals surface area contributed by atoms with E-state index in [0.29, 0.717) is 13.0 Å². The molecule has 0 aromatic heterocycles. The lowest BCUT2D eigenvalue weighted by Crippen LogP contribution is -2.30. The predicted molar refractivity (Wildman–Crippen MR) is 58.8 cm³/mol. The monoisotopic (exact) mass is 246 g/mol. The normalized spacial score (nSPS) is 11.1. The molecule has 0 radical (unpaired) electrons. The summed E-state index contributed by atoms with van der Waals surface area (Å²) in [5.74, 6) is 0. The smallest absolute Gasteiger partial charge is 0.338 e. The Morgan fingerprint density at radius 3 is 2.53 bits per heavy atom. The van der Waals surface area contributed by atoms with Crippen LogP contribution >= 0.6 is 0 Å². The molecular weight excluding hydrogens is 233 g/mol. The molecule has 0 heterocycles. The fourth-order valence-corrected chi connectivity index (χ4v) is 1.24. The van der Waals surface area contributed by atoms with Gasteiger partial charge >= 0.3 is 12.2 Å². The van der Waals surface area contributed by atoms with Crippen LogP contribution in [-0.4, -0.2) is 12.6 Å². The zero-order chi connectivity index (χ0) is 12.9. The zero-order valence-corrected chi connectivity index (χ0v) is 9.27. The summed E-state index contributed by atoms with van der Waals surface area (Å²) in [6, 6.07) is 4.22. The van der Waals surface area contributed by atoms with E-state index in [1.54, 1.807) is 0 Å². The predicted octanol–water partition coefficient (Wildman–Crippen LogP) is 3.24. The molecular formula is C11H13F3N2O. The van der Waals surface area contributed by atoms with Gasteiger partial charge in [0, 0.05) is 6.54 Å². The maximum absolute atomic E-state index is 12.6. The van der Waals surface area contributed by atoms with Gasteiger partial charge in [-0.3, -0.25) is 0 Å². The van der Waals surface area contributed by atoms with Crippen molar-refractivity contribution in [3.8, 4) is 0 Å². The number of nitrogens with one attached hydrogen (secondary N) is 2. The number of carbonyl (C=O) groups excluding carboxylic acids is 1. The average molecular weight is 246 g/mol. The van der Waals surface area contributed by atoms with Crippen molar-refractivity contribution in [2.45, 2.75) is 19.5 Å². The van der Waals surface area contributed by atoms with Crippen LogP contribution in [0.5, 0.6) is 0 Å². The van der Waals surface area contributed by atoms with Gasteiger partial charge in [-0.15, -0.1) is 0 Å². The molecule has 6 heteroatoms. The summed E-state index contributed by atoms with van der Waals surface area (Å²) in [7, 11) is 0. The molecule has 0 spiro atoms. The summed E-state index contributed by atoms with van der Waals surface area (Å²) in [6.45, 7) is 2.27. The van der Waals surface area contributed by atoms with E-state index in [0.717, 1.165) is 6.07 Å². The van der Waals surface area contributed by atoms with Crippen molar-refractivity contribution in [3.63, 3.8) is 0 Å². The fraction of sp³-hybridized carbons (Fsp3) is 0.364. The number of hydrogen-bond acceptors (Lipinski definition) is 1. The third-order valence-corrected chi connectivity index (χ3v) is 2.02. The van der Waals surface area contributed by atoms with Crippen LogP contribution in [0, 0.1) is 0 Å². The van der Waals surface area contributed by atoms with E-state index in [2.05, 4.69) is 10.6 Å². The quantitative estimate of drug-likeness (QED) is 0.844. The number of carbonyl (C=O) groups is 1. The summed E-state index contributed by atoms with van der Waals surface area (Å²) < 4.78 is 37.7. The van der Waals surface area contributed by atoms with Crippen molar-refractivity contribution in [2.75, 3.05) is 11.9 Å². The Hall–Kier alpha value is -1.72. The van der Waals surface area contributed by atoms with Crippen LogP contribution in [0.15, 0.2) is 24.3 Å². The maximum Gasteiger partial charge on any atom is 0.418 e. The minimum Gasteiger partial charge on any atom is -0.338 e. The van der Waals surface area contributed by atoms with Crippen LogP contribution in [0.3, 0.4) is 0 Å². The van der Waals surface area contributed by atoms with Crippen LogP contribution in [0.4, 0.5) is 23.7 Å². The fourth-order valence-electron chi connectivity index (χ4n) is 1.24. The van der Waals surface area contributed by atoms with Gasteiger partial charge in [0.1, 0.15) is 0 Å². The van der Waals surface area contributed by atoms with E-state index in [-0.39, 0.29) is 5.69 Å².